The van der Waals surface area contributed by atoms with Gasteiger partial charge in [0.1, 0.15) is 4.70 Å². The summed E-state index contributed by atoms with van der Waals surface area (Å²) in [5.74, 6) is 0.0384. The number of hydrogen-bond acceptors (Lipinski definition) is 8. The van der Waals surface area contributed by atoms with Crippen molar-refractivity contribution in [1.82, 2.24) is 28.9 Å². The number of thiophene rings is 1. The predicted molar refractivity (Wildman–Crippen MR) is 119 cm³/mol. The number of nitrogens with zero attached hydrogens (tertiary/aromatic N) is 6. The molecule has 0 fully saturated rings. The summed E-state index contributed by atoms with van der Waals surface area (Å²) >= 11 is 1.32. The minimum absolute atomic E-state index is 0.0517. The number of fused-ring (bicyclic) bond motifs is 4. The third kappa shape index (κ3) is 2.93. The Kier molecular flexibility index (Phi) is 4.63. The van der Waals surface area contributed by atoms with Crippen LogP contribution in [-0.2, 0) is 18.4 Å². The monoisotopic (exact) mass is 450 g/mol. The van der Waals surface area contributed by atoms with Crippen molar-refractivity contribution in [3.63, 3.8) is 0 Å². The van der Waals surface area contributed by atoms with Crippen LogP contribution in [0, 0.1) is 0 Å². The smallest absolute Gasteiger partial charge is 0.359 e. The van der Waals surface area contributed by atoms with Gasteiger partial charge in [-0.15, -0.1) is 21.5 Å². The molecule has 11 heteroatoms. The number of ether oxygens (including phenoxy) is 1. The first-order valence-corrected chi connectivity index (χ1v) is 10.8. The Labute approximate surface area is 184 Å². The number of hydrogen-bond donors (Lipinski definition) is 0. The van der Waals surface area contributed by atoms with E-state index in [0.29, 0.717) is 32.6 Å². The lowest BCUT2D eigenvalue weighted by atomic mass is 10.1. The van der Waals surface area contributed by atoms with E-state index in [1.807, 2.05) is 19.2 Å². The van der Waals surface area contributed by atoms with Gasteiger partial charge in [-0.1, -0.05) is 18.2 Å². The lowest BCUT2D eigenvalue weighted by molar-refractivity contribution is 0.0453. The highest BCUT2D eigenvalue weighted by atomic mass is 32.1. The highest BCUT2D eigenvalue weighted by Gasteiger charge is 2.21. The number of aromatic nitrogens is 6. The summed E-state index contributed by atoms with van der Waals surface area (Å²) in [6.07, 6.45) is 0. The fraction of sp³-hybridized carbons (Fsp3) is 0.238. The van der Waals surface area contributed by atoms with Crippen LogP contribution in [0.2, 0.25) is 0 Å². The van der Waals surface area contributed by atoms with Crippen LogP contribution < -0.4 is 11.1 Å². The molecule has 0 spiro atoms. The van der Waals surface area contributed by atoms with Gasteiger partial charge < -0.3 is 4.74 Å². The van der Waals surface area contributed by atoms with Gasteiger partial charge in [-0.05, 0) is 31.4 Å². The SMILES string of the molecule is CC(C)n1nc(C(=O)OCc2nnc3n(C)c(=O)c4sccc4n23)c2ccccc2c1=O. The van der Waals surface area contributed by atoms with Crippen LogP contribution in [0.25, 0.3) is 26.8 Å². The Morgan fingerprint density at radius 3 is 2.59 bits per heavy atom. The maximum atomic E-state index is 13.0. The van der Waals surface area contributed by atoms with Crippen molar-refractivity contribution in [2.24, 2.45) is 7.05 Å². The Bertz CT molecular complexity index is 1640. The molecule has 0 unspecified atom stereocenters. The van der Waals surface area contributed by atoms with Gasteiger partial charge in [-0.2, -0.15) is 5.10 Å². The second-order valence-corrected chi connectivity index (χ2v) is 8.48. The number of carbonyl (C=O) groups excluding carboxylic acids is 1. The highest BCUT2D eigenvalue weighted by Crippen LogP contribution is 2.20. The van der Waals surface area contributed by atoms with Gasteiger partial charge in [0, 0.05) is 12.4 Å². The van der Waals surface area contributed by atoms with Gasteiger partial charge >= 0.3 is 5.97 Å². The van der Waals surface area contributed by atoms with Crippen molar-refractivity contribution >= 4 is 44.1 Å². The molecule has 0 saturated heterocycles. The molecule has 0 aliphatic carbocycles. The number of aryl methyl sites for hydroxylation is 1. The van der Waals surface area contributed by atoms with Crippen molar-refractivity contribution in [3.8, 4) is 0 Å². The van der Waals surface area contributed by atoms with E-state index in [4.69, 9.17) is 4.74 Å². The van der Waals surface area contributed by atoms with Crippen LogP contribution in [0.3, 0.4) is 0 Å². The van der Waals surface area contributed by atoms with Crippen molar-refractivity contribution in [2.75, 3.05) is 0 Å². The summed E-state index contributed by atoms with van der Waals surface area (Å²) in [5.41, 5.74) is 0.276. The molecule has 4 heterocycles. The molecule has 0 radical (unpaired) electrons. The molecule has 5 rings (SSSR count). The lowest BCUT2D eigenvalue weighted by Crippen LogP contribution is -2.28. The quantitative estimate of drug-likeness (QED) is 0.386. The molecular weight excluding hydrogens is 432 g/mol. The summed E-state index contributed by atoms with van der Waals surface area (Å²) in [5, 5.41) is 15.1. The Balaban J connectivity index is 1.56. The Morgan fingerprint density at radius 1 is 1.09 bits per heavy atom. The molecule has 10 nitrogen and oxygen atoms in total. The zero-order valence-electron chi connectivity index (χ0n) is 17.5. The van der Waals surface area contributed by atoms with Crippen LogP contribution in [0.5, 0.6) is 0 Å². The van der Waals surface area contributed by atoms with Crippen LogP contribution in [0.1, 0.15) is 36.2 Å². The standard InChI is InChI=1S/C21H18N6O4S/c1-11(2)27-18(28)13-7-5-4-6-12(13)16(24-27)20(30)31-10-15-22-23-21-25(3)19(29)17-14(26(15)21)8-9-32-17/h4-9,11H,10H2,1-3H3. The summed E-state index contributed by atoms with van der Waals surface area (Å²) in [6.45, 7) is 3.45. The normalized spacial score (nSPS) is 11.8. The van der Waals surface area contributed by atoms with E-state index in [1.54, 1.807) is 41.8 Å². The van der Waals surface area contributed by atoms with Crippen molar-refractivity contribution in [3.05, 3.63) is 67.9 Å². The zero-order valence-corrected chi connectivity index (χ0v) is 18.3. The van der Waals surface area contributed by atoms with Crippen LogP contribution in [0.4, 0.5) is 0 Å². The van der Waals surface area contributed by atoms with E-state index in [9.17, 15) is 14.4 Å². The summed E-state index contributed by atoms with van der Waals surface area (Å²) < 4.78 is 10.5. The van der Waals surface area contributed by atoms with Gasteiger partial charge in [0.05, 0.1) is 16.9 Å². The molecule has 162 valence electrons. The Morgan fingerprint density at radius 2 is 1.84 bits per heavy atom. The number of carbonyl (C=O) groups is 1. The lowest BCUT2D eigenvalue weighted by Gasteiger charge is -2.13. The van der Waals surface area contributed by atoms with E-state index < -0.39 is 5.97 Å². The highest BCUT2D eigenvalue weighted by molar-refractivity contribution is 7.17. The van der Waals surface area contributed by atoms with E-state index >= 15 is 0 Å². The fourth-order valence-electron chi connectivity index (χ4n) is 3.65. The zero-order chi connectivity index (χ0) is 22.6. The molecule has 0 bridgehead atoms. The fourth-order valence-corrected chi connectivity index (χ4v) is 4.50. The van der Waals surface area contributed by atoms with E-state index in [-0.39, 0.29) is 29.5 Å². The molecule has 0 aliphatic rings. The van der Waals surface area contributed by atoms with Crippen molar-refractivity contribution in [2.45, 2.75) is 26.5 Å². The van der Waals surface area contributed by atoms with E-state index in [2.05, 4.69) is 15.3 Å². The summed E-state index contributed by atoms with van der Waals surface area (Å²) in [6, 6.07) is 8.38. The molecule has 1 aromatic carbocycles. The molecule has 0 saturated carbocycles. The number of rotatable bonds is 4. The first kappa shape index (κ1) is 20.1. The molecule has 4 aromatic heterocycles. The number of esters is 1. The summed E-state index contributed by atoms with van der Waals surface area (Å²) in [4.78, 5) is 38.2. The van der Waals surface area contributed by atoms with Crippen LogP contribution in [-0.4, -0.2) is 34.9 Å². The van der Waals surface area contributed by atoms with Crippen LogP contribution in [0.15, 0.2) is 45.3 Å². The first-order chi connectivity index (χ1) is 15.4. The van der Waals surface area contributed by atoms with Gasteiger partial charge in [-0.25, -0.2) is 9.48 Å². The van der Waals surface area contributed by atoms with Crippen molar-refractivity contribution in [1.29, 1.82) is 0 Å². The van der Waals surface area contributed by atoms with E-state index in [0.717, 1.165) is 0 Å². The minimum Gasteiger partial charge on any atom is -0.453 e. The van der Waals surface area contributed by atoms with Crippen molar-refractivity contribution < 1.29 is 9.53 Å². The molecule has 32 heavy (non-hydrogen) atoms. The molecule has 0 aliphatic heterocycles. The third-order valence-electron chi connectivity index (χ3n) is 5.24. The largest absolute Gasteiger partial charge is 0.453 e. The molecular formula is C21H18N6O4S. The van der Waals surface area contributed by atoms with Gasteiger partial charge in [0.2, 0.25) is 5.78 Å². The van der Waals surface area contributed by atoms with Gasteiger partial charge in [0.25, 0.3) is 11.1 Å². The van der Waals surface area contributed by atoms with Gasteiger partial charge in [0.15, 0.2) is 18.1 Å². The maximum absolute atomic E-state index is 13.0. The molecule has 0 atom stereocenters. The van der Waals surface area contributed by atoms with E-state index in [1.165, 1.54) is 20.6 Å². The predicted octanol–water partition coefficient (Wildman–Crippen LogP) is 2.29. The minimum atomic E-state index is -0.682. The first-order valence-electron chi connectivity index (χ1n) is 9.87. The number of benzene rings is 1. The average molecular weight is 450 g/mol. The van der Waals surface area contributed by atoms with Crippen LogP contribution >= 0.6 is 11.3 Å². The third-order valence-corrected chi connectivity index (χ3v) is 6.13. The summed E-state index contributed by atoms with van der Waals surface area (Å²) in [7, 11) is 1.62. The van der Waals surface area contributed by atoms with Gasteiger partial charge in [-0.3, -0.25) is 18.6 Å². The second kappa shape index (κ2) is 7.38. The average Bonchev–Trinajstić information content (AvgIpc) is 3.43. The Hall–Kier alpha value is -3.86. The topological polar surface area (TPSA) is 113 Å². The second-order valence-electron chi connectivity index (χ2n) is 7.56. The molecule has 0 N–H and O–H groups in total. The molecule has 0 amide bonds. The molecule has 5 aromatic rings. The maximum Gasteiger partial charge on any atom is 0.359 e.